The van der Waals surface area contributed by atoms with Gasteiger partial charge < -0.3 is 15.0 Å². The van der Waals surface area contributed by atoms with Crippen LogP contribution in [-0.2, 0) is 0 Å². The summed E-state index contributed by atoms with van der Waals surface area (Å²) in [5.41, 5.74) is 2.76. The van der Waals surface area contributed by atoms with Gasteiger partial charge in [-0.05, 0) is 32.3 Å². The van der Waals surface area contributed by atoms with Crippen molar-refractivity contribution in [3.8, 4) is 17.1 Å². The van der Waals surface area contributed by atoms with Crippen LogP contribution in [0.5, 0.6) is 5.75 Å². The van der Waals surface area contributed by atoms with Crippen LogP contribution < -0.4 is 10.1 Å². The van der Waals surface area contributed by atoms with Crippen molar-refractivity contribution in [2.45, 2.75) is 6.42 Å². The van der Waals surface area contributed by atoms with Crippen molar-refractivity contribution >= 4 is 45.3 Å². The Hall–Kier alpha value is -2.88. The fourth-order valence-corrected chi connectivity index (χ4v) is 4.02. The van der Waals surface area contributed by atoms with Crippen LogP contribution in [0.25, 0.3) is 11.4 Å². The maximum absolute atomic E-state index is 13.3. The molecule has 4 rings (SSSR count). The number of carbonyl (C=O) groups excluding carboxylic acids is 1. The monoisotopic (exact) mass is 473 g/mol. The Labute approximate surface area is 193 Å². The summed E-state index contributed by atoms with van der Waals surface area (Å²) in [5, 5.41) is 5.94. The first-order valence-corrected chi connectivity index (χ1v) is 11.2. The predicted octanol–water partition coefficient (Wildman–Crippen LogP) is 4.71. The molecule has 1 aromatic carbocycles. The zero-order chi connectivity index (χ0) is 22.7. The van der Waals surface area contributed by atoms with Crippen molar-refractivity contribution in [2.24, 2.45) is 4.99 Å². The van der Waals surface area contributed by atoms with E-state index in [1.165, 1.54) is 29.5 Å². The molecule has 32 heavy (non-hydrogen) atoms. The van der Waals surface area contributed by atoms with Crippen LogP contribution in [0.4, 0.5) is 15.2 Å². The molecule has 166 valence electrons. The van der Waals surface area contributed by atoms with Crippen molar-refractivity contribution in [2.75, 3.05) is 39.1 Å². The first kappa shape index (κ1) is 22.3. The summed E-state index contributed by atoms with van der Waals surface area (Å²) in [4.78, 5) is 28.5. The molecule has 10 heteroatoms. The Bertz CT molecular complexity index is 1180. The number of hydrogen-bond acceptors (Lipinski definition) is 8. The maximum atomic E-state index is 13.3. The number of halogens is 2. The highest BCUT2D eigenvalue weighted by molar-refractivity contribution is 7.14. The lowest BCUT2D eigenvalue weighted by Crippen LogP contribution is -2.20. The third-order valence-electron chi connectivity index (χ3n) is 4.74. The first-order valence-electron chi connectivity index (χ1n) is 9.91. The molecule has 0 atom stereocenters. The number of thiazole rings is 1. The second-order valence-corrected chi connectivity index (χ2v) is 8.73. The average molecular weight is 474 g/mol. The molecule has 0 saturated heterocycles. The van der Waals surface area contributed by atoms with E-state index in [-0.39, 0.29) is 23.8 Å². The van der Waals surface area contributed by atoms with E-state index in [1.54, 1.807) is 12.3 Å². The number of carbonyl (C=O) groups is 1. The van der Waals surface area contributed by atoms with Crippen molar-refractivity contribution < 1.29 is 13.9 Å². The van der Waals surface area contributed by atoms with Gasteiger partial charge in [-0.25, -0.2) is 9.37 Å². The van der Waals surface area contributed by atoms with Crippen molar-refractivity contribution in [3.63, 3.8) is 0 Å². The largest absolute Gasteiger partial charge is 0.488 e. The molecule has 0 saturated carbocycles. The Balaban J connectivity index is 1.55. The molecule has 1 N–H and O–H groups in total. The summed E-state index contributed by atoms with van der Waals surface area (Å²) in [6.07, 6.45) is 1.74. The van der Waals surface area contributed by atoms with Gasteiger partial charge in [-0.15, -0.1) is 11.3 Å². The molecule has 0 unspecified atom stereocenters. The zero-order valence-electron chi connectivity index (χ0n) is 17.6. The quantitative estimate of drug-likeness (QED) is 0.510. The number of benzene rings is 1. The molecule has 0 radical (unpaired) electrons. The fourth-order valence-electron chi connectivity index (χ4n) is 3.12. The Morgan fingerprint density at radius 3 is 2.94 bits per heavy atom. The number of aliphatic imine (C=N–C) groups is 1. The second-order valence-electron chi connectivity index (χ2n) is 7.47. The number of hydrogen-bond donors (Lipinski definition) is 1. The summed E-state index contributed by atoms with van der Waals surface area (Å²) in [6.45, 7) is 1.73. The molecule has 1 aliphatic rings. The second kappa shape index (κ2) is 9.72. The molecule has 0 amide bonds. The minimum atomic E-state index is -0.521. The number of aromatic nitrogens is 2. The van der Waals surface area contributed by atoms with E-state index in [0.29, 0.717) is 34.1 Å². The molecule has 1 aliphatic heterocycles. The van der Waals surface area contributed by atoms with Crippen LogP contribution in [-0.4, -0.2) is 60.2 Å². The van der Waals surface area contributed by atoms with E-state index in [9.17, 15) is 9.18 Å². The zero-order valence-corrected chi connectivity index (χ0v) is 19.1. The van der Waals surface area contributed by atoms with Gasteiger partial charge in [-0.2, -0.15) is 0 Å². The highest BCUT2D eigenvalue weighted by Crippen LogP contribution is 2.36. The molecule has 0 aliphatic carbocycles. The molecule has 3 heterocycles. The van der Waals surface area contributed by atoms with Gasteiger partial charge in [-0.3, -0.25) is 14.8 Å². The number of Topliss-reactive ketones (excluding diaryl/α,β-unsaturated/α-hetero) is 1. The third kappa shape index (κ3) is 5.12. The average Bonchev–Trinajstić information content (AvgIpc) is 3.23. The molecular formula is C22H21ClFN5O2S. The van der Waals surface area contributed by atoms with E-state index in [0.717, 1.165) is 18.2 Å². The van der Waals surface area contributed by atoms with Crippen LogP contribution >= 0.6 is 22.9 Å². The maximum Gasteiger partial charge on any atom is 0.183 e. The molecule has 3 aromatic rings. The SMILES string of the molecule is CN(C)CCNc1nc(-c2nccc3c2N=C(COc2ccc(F)c(Cl)c2)CC3=O)cs1. The molecule has 0 fully saturated rings. The molecule has 0 spiro atoms. The Morgan fingerprint density at radius 2 is 2.16 bits per heavy atom. The number of ether oxygens (including phenoxy) is 1. The highest BCUT2D eigenvalue weighted by atomic mass is 35.5. The Morgan fingerprint density at radius 1 is 1.31 bits per heavy atom. The van der Waals surface area contributed by atoms with Crippen molar-refractivity contribution in [3.05, 3.63) is 52.2 Å². The van der Waals surface area contributed by atoms with Crippen molar-refractivity contribution in [1.82, 2.24) is 14.9 Å². The number of ketones is 1. The number of rotatable bonds is 8. The lowest BCUT2D eigenvalue weighted by atomic mass is 9.99. The summed E-state index contributed by atoms with van der Waals surface area (Å²) in [5.74, 6) is -0.182. The van der Waals surface area contributed by atoms with E-state index in [1.807, 2.05) is 19.5 Å². The summed E-state index contributed by atoms with van der Waals surface area (Å²) in [6, 6.07) is 5.77. The lowest BCUT2D eigenvalue weighted by molar-refractivity contribution is 0.0998. The molecular weight excluding hydrogens is 453 g/mol. The Kier molecular flexibility index (Phi) is 6.78. The minimum Gasteiger partial charge on any atom is -0.488 e. The predicted molar refractivity (Wildman–Crippen MR) is 125 cm³/mol. The number of pyridine rings is 1. The van der Waals surface area contributed by atoms with Gasteiger partial charge in [0.2, 0.25) is 0 Å². The van der Waals surface area contributed by atoms with Crippen LogP contribution in [0.15, 0.2) is 40.8 Å². The summed E-state index contributed by atoms with van der Waals surface area (Å²) in [7, 11) is 4.02. The number of fused-ring (bicyclic) bond motifs is 1. The van der Waals surface area contributed by atoms with Gasteiger partial charge in [0.25, 0.3) is 0 Å². The number of nitrogens with one attached hydrogen (secondary N) is 1. The van der Waals surface area contributed by atoms with Gasteiger partial charge in [0.1, 0.15) is 35.2 Å². The van der Waals surface area contributed by atoms with E-state index >= 15 is 0 Å². The van der Waals surface area contributed by atoms with E-state index in [4.69, 9.17) is 16.3 Å². The molecule has 2 aromatic heterocycles. The van der Waals surface area contributed by atoms with Gasteiger partial charge in [-0.1, -0.05) is 11.6 Å². The van der Waals surface area contributed by atoms with Gasteiger partial charge >= 0.3 is 0 Å². The summed E-state index contributed by atoms with van der Waals surface area (Å²) < 4.78 is 19.0. The number of likely N-dealkylation sites (N-methyl/N-ethyl adjacent to an activating group) is 1. The lowest BCUT2D eigenvalue weighted by Gasteiger charge is -2.17. The number of anilines is 1. The van der Waals surface area contributed by atoms with Crippen LogP contribution in [0.1, 0.15) is 16.8 Å². The smallest absolute Gasteiger partial charge is 0.183 e. The third-order valence-corrected chi connectivity index (χ3v) is 5.83. The number of nitrogens with zero attached hydrogens (tertiary/aromatic N) is 4. The highest BCUT2D eigenvalue weighted by Gasteiger charge is 2.25. The van der Waals surface area contributed by atoms with Crippen LogP contribution in [0.3, 0.4) is 0 Å². The molecule has 0 bridgehead atoms. The fraction of sp³-hybridized carbons (Fsp3) is 0.273. The standard InChI is InChI=1S/C22H21ClFN5O2S/c1-29(2)8-7-26-22-28-18(12-32-22)21-20-15(5-6-25-21)19(30)9-13(27-20)11-31-14-3-4-17(24)16(23)10-14/h3-6,10,12H,7-9,11H2,1-2H3,(H,26,28). The first-order chi connectivity index (χ1) is 15.4. The normalized spacial score (nSPS) is 13.2. The van der Waals surface area contributed by atoms with E-state index < -0.39 is 5.82 Å². The molecule has 7 nitrogen and oxygen atoms in total. The van der Waals surface area contributed by atoms with Crippen LogP contribution in [0, 0.1) is 5.82 Å². The van der Waals surface area contributed by atoms with Crippen LogP contribution in [0.2, 0.25) is 5.02 Å². The van der Waals surface area contributed by atoms with E-state index in [2.05, 4.69) is 25.2 Å². The van der Waals surface area contributed by atoms with Gasteiger partial charge in [0.15, 0.2) is 10.9 Å². The van der Waals surface area contributed by atoms with Crippen molar-refractivity contribution in [1.29, 1.82) is 0 Å². The van der Waals surface area contributed by atoms with Gasteiger partial charge in [0, 0.05) is 36.3 Å². The minimum absolute atomic E-state index is 0.0282. The summed E-state index contributed by atoms with van der Waals surface area (Å²) >= 11 is 7.28. The van der Waals surface area contributed by atoms with Gasteiger partial charge in [0.05, 0.1) is 17.2 Å². The topological polar surface area (TPSA) is 79.7 Å².